The highest BCUT2D eigenvalue weighted by molar-refractivity contribution is 9.10. The highest BCUT2D eigenvalue weighted by Crippen LogP contribution is 2.29. The maximum absolute atomic E-state index is 4.74. The smallest absolute Gasteiger partial charge is 0.144 e. The van der Waals surface area contributed by atoms with E-state index in [1.54, 1.807) is 0 Å². The minimum Gasteiger partial charge on any atom is -0.372 e. The molecule has 0 spiro atoms. The van der Waals surface area contributed by atoms with Gasteiger partial charge in [-0.15, -0.1) is 0 Å². The molecule has 0 atom stereocenters. The second kappa shape index (κ2) is 6.56. The van der Waals surface area contributed by atoms with E-state index in [9.17, 15) is 0 Å². The molecule has 0 radical (unpaired) electrons. The minimum atomic E-state index is 0.354. The fourth-order valence-electron chi connectivity index (χ4n) is 2.49. The van der Waals surface area contributed by atoms with Crippen LogP contribution in [0.5, 0.6) is 0 Å². The van der Waals surface area contributed by atoms with Crippen LogP contribution in [-0.4, -0.2) is 17.0 Å². The van der Waals surface area contributed by atoms with Crippen LogP contribution in [0, 0.1) is 13.8 Å². The van der Waals surface area contributed by atoms with E-state index in [4.69, 9.17) is 4.98 Å². The van der Waals surface area contributed by atoms with Gasteiger partial charge in [0.2, 0.25) is 0 Å². The summed E-state index contributed by atoms with van der Waals surface area (Å²) in [6, 6.07) is 6.59. The number of halogens is 1. The topological polar surface area (TPSA) is 37.8 Å². The molecule has 0 saturated heterocycles. The van der Waals surface area contributed by atoms with E-state index in [0.29, 0.717) is 5.92 Å². The Morgan fingerprint density at radius 1 is 1.10 bits per heavy atom. The van der Waals surface area contributed by atoms with Crippen LogP contribution in [0.25, 0.3) is 0 Å². The standard InChI is InChI=1S/C17H22BrN3/c1-10(2)16-15(18)17(19-5)21-14(20-16)9-13-7-11(3)6-12(4)8-13/h6-8,10H,9H2,1-5H3,(H,19,20,21). The first-order chi connectivity index (χ1) is 9.90. The van der Waals surface area contributed by atoms with E-state index < -0.39 is 0 Å². The third kappa shape index (κ3) is 3.82. The summed E-state index contributed by atoms with van der Waals surface area (Å²) in [6.45, 7) is 8.54. The molecule has 0 fully saturated rings. The van der Waals surface area contributed by atoms with Gasteiger partial charge in [-0.3, -0.25) is 0 Å². The van der Waals surface area contributed by atoms with E-state index in [1.807, 2.05) is 7.05 Å². The highest BCUT2D eigenvalue weighted by Gasteiger charge is 2.14. The lowest BCUT2D eigenvalue weighted by Gasteiger charge is -2.13. The van der Waals surface area contributed by atoms with Crippen molar-refractivity contribution in [1.29, 1.82) is 0 Å². The summed E-state index contributed by atoms with van der Waals surface area (Å²) in [5, 5.41) is 3.14. The molecule has 2 rings (SSSR count). The van der Waals surface area contributed by atoms with Crippen LogP contribution >= 0.6 is 15.9 Å². The molecule has 3 nitrogen and oxygen atoms in total. The van der Waals surface area contributed by atoms with E-state index in [0.717, 1.165) is 28.2 Å². The molecule has 112 valence electrons. The van der Waals surface area contributed by atoms with Crippen molar-refractivity contribution in [3.63, 3.8) is 0 Å². The second-order valence-electron chi connectivity index (χ2n) is 5.77. The van der Waals surface area contributed by atoms with Crippen LogP contribution in [0.2, 0.25) is 0 Å². The quantitative estimate of drug-likeness (QED) is 0.877. The number of nitrogens with zero attached hydrogens (tertiary/aromatic N) is 2. The Morgan fingerprint density at radius 2 is 1.71 bits per heavy atom. The molecule has 0 aliphatic heterocycles. The van der Waals surface area contributed by atoms with Gasteiger partial charge >= 0.3 is 0 Å². The van der Waals surface area contributed by atoms with Crippen molar-refractivity contribution in [2.45, 2.75) is 40.0 Å². The summed E-state index contributed by atoms with van der Waals surface area (Å²) in [5.41, 5.74) is 4.86. The molecule has 4 heteroatoms. The lowest BCUT2D eigenvalue weighted by molar-refractivity contribution is 0.785. The zero-order valence-corrected chi connectivity index (χ0v) is 14.9. The molecule has 0 bridgehead atoms. The van der Waals surface area contributed by atoms with Gasteiger partial charge in [-0.2, -0.15) is 0 Å². The van der Waals surface area contributed by atoms with Crippen molar-refractivity contribution in [2.24, 2.45) is 0 Å². The summed E-state index contributed by atoms with van der Waals surface area (Å²) in [4.78, 5) is 9.36. The summed E-state index contributed by atoms with van der Waals surface area (Å²) < 4.78 is 0.962. The van der Waals surface area contributed by atoms with Crippen molar-refractivity contribution in [3.05, 3.63) is 50.9 Å². The molecule has 0 unspecified atom stereocenters. The fourth-order valence-corrected chi connectivity index (χ4v) is 3.33. The van der Waals surface area contributed by atoms with Gasteiger partial charge < -0.3 is 5.32 Å². The predicted molar refractivity (Wildman–Crippen MR) is 92.1 cm³/mol. The van der Waals surface area contributed by atoms with Gasteiger partial charge in [-0.25, -0.2) is 9.97 Å². The van der Waals surface area contributed by atoms with Gasteiger partial charge in [0.25, 0.3) is 0 Å². The molecule has 0 amide bonds. The number of aryl methyl sites for hydroxylation is 2. The van der Waals surface area contributed by atoms with Gasteiger partial charge in [0.15, 0.2) is 0 Å². The first kappa shape index (κ1) is 16.0. The summed E-state index contributed by atoms with van der Waals surface area (Å²) in [7, 11) is 1.89. The van der Waals surface area contributed by atoms with Crippen LogP contribution in [-0.2, 0) is 6.42 Å². The van der Waals surface area contributed by atoms with E-state index in [2.05, 4.69) is 72.1 Å². The number of anilines is 1. The van der Waals surface area contributed by atoms with Crippen molar-refractivity contribution >= 4 is 21.7 Å². The van der Waals surface area contributed by atoms with Crippen LogP contribution < -0.4 is 5.32 Å². The maximum atomic E-state index is 4.74. The number of rotatable bonds is 4. The van der Waals surface area contributed by atoms with E-state index in [1.165, 1.54) is 16.7 Å². The van der Waals surface area contributed by atoms with Crippen LogP contribution in [0.1, 0.15) is 48.0 Å². The van der Waals surface area contributed by atoms with Gasteiger partial charge in [-0.05, 0) is 41.3 Å². The SMILES string of the molecule is CNc1nc(Cc2cc(C)cc(C)c2)nc(C(C)C)c1Br. The zero-order chi connectivity index (χ0) is 15.6. The van der Waals surface area contributed by atoms with E-state index in [-0.39, 0.29) is 0 Å². The lowest BCUT2D eigenvalue weighted by atomic mass is 10.0. The fraction of sp³-hybridized carbons (Fsp3) is 0.412. The molecule has 21 heavy (non-hydrogen) atoms. The van der Waals surface area contributed by atoms with Crippen LogP contribution in [0.4, 0.5) is 5.82 Å². The summed E-state index contributed by atoms with van der Waals surface area (Å²) in [6.07, 6.45) is 0.754. The Kier molecular flexibility index (Phi) is 4.99. The first-order valence-electron chi connectivity index (χ1n) is 7.22. The molecule has 2 aromatic rings. The molecular formula is C17H22BrN3. The number of benzene rings is 1. The maximum Gasteiger partial charge on any atom is 0.144 e. The number of hydrogen-bond donors (Lipinski definition) is 1. The Bertz CT molecular complexity index is 630. The third-order valence-electron chi connectivity index (χ3n) is 3.35. The van der Waals surface area contributed by atoms with Crippen molar-refractivity contribution < 1.29 is 0 Å². The van der Waals surface area contributed by atoms with Gasteiger partial charge in [0.05, 0.1) is 10.2 Å². The van der Waals surface area contributed by atoms with Crippen LogP contribution in [0.15, 0.2) is 22.7 Å². The number of aromatic nitrogens is 2. The first-order valence-corrected chi connectivity index (χ1v) is 8.01. The normalized spacial score (nSPS) is 11.0. The molecule has 0 aliphatic rings. The Hall–Kier alpha value is -1.42. The predicted octanol–water partition coefficient (Wildman–Crippen LogP) is 4.61. The largest absolute Gasteiger partial charge is 0.372 e. The van der Waals surface area contributed by atoms with Gasteiger partial charge in [0.1, 0.15) is 11.6 Å². The van der Waals surface area contributed by atoms with Gasteiger partial charge in [0, 0.05) is 13.5 Å². The highest BCUT2D eigenvalue weighted by atomic mass is 79.9. The monoisotopic (exact) mass is 347 g/mol. The van der Waals surface area contributed by atoms with Crippen molar-refractivity contribution in [1.82, 2.24) is 9.97 Å². The molecule has 1 aromatic heterocycles. The Balaban J connectivity index is 2.42. The van der Waals surface area contributed by atoms with Gasteiger partial charge in [-0.1, -0.05) is 43.2 Å². The molecule has 0 aliphatic carbocycles. The molecular weight excluding hydrogens is 326 g/mol. The zero-order valence-electron chi connectivity index (χ0n) is 13.3. The summed E-state index contributed by atoms with van der Waals surface area (Å²) >= 11 is 3.60. The van der Waals surface area contributed by atoms with E-state index >= 15 is 0 Å². The Labute approximate surface area is 135 Å². The summed E-state index contributed by atoms with van der Waals surface area (Å²) in [5.74, 6) is 2.07. The molecule has 1 heterocycles. The average molecular weight is 348 g/mol. The minimum absolute atomic E-state index is 0.354. The van der Waals surface area contributed by atoms with Crippen LogP contribution in [0.3, 0.4) is 0 Å². The number of hydrogen-bond acceptors (Lipinski definition) is 3. The third-order valence-corrected chi connectivity index (χ3v) is 4.13. The molecule has 0 saturated carbocycles. The lowest BCUT2D eigenvalue weighted by Crippen LogP contribution is -2.07. The second-order valence-corrected chi connectivity index (χ2v) is 6.56. The van der Waals surface area contributed by atoms with Crippen molar-refractivity contribution in [2.75, 3.05) is 12.4 Å². The molecule has 1 N–H and O–H groups in total. The average Bonchev–Trinajstić information content (AvgIpc) is 2.39. The number of nitrogens with one attached hydrogen (secondary N) is 1. The Morgan fingerprint density at radius 3 is 2.24 bits per heavy atom. The van der Waals surface area contributed by atoms with Crippen molar-refractivity contribution in [3.8, 4) is 0 Å². The molecule has 1 aromatic carbocycles.